The van der Waals surface area contributed by atoms with Crippen molar-refractivity contribution >= 4 is 5.97 Å². The minimum absolute atomic E-state index is 0.0908. The van der Waals surface area contributed by atoms with Gasteiger partial charge in [-0.2, -0.15) is 0 Å². The number of esters is 1. The van der Waals surface area contributed by atoms with Gasteiger partial charge >= 0.3 is 5.97 Å². The zero-order valence-corrected chi connectivity index (χ0v) is 11.5. The molecule has 0 aliphatic heterocycles. The number of carbonyl (C=O) groups excluding carboxylic acids is 1. The Labute approximate surface area is 106 Å². The zero-order valence-electron chi connectivity index (χ0n) is 11.5. The first-order valence-electron chi connectivity index (χ1n) is 7.04. The van der Waals surface area contributed by atoms with Crippen LogP contribution in [0.4, 0.5) is 0 Å². The Hall–Kier alpha value is -0.570. The molecule has 0 atom stereocenters. The summed E-state index contributed by atoms with van der Waals surface area (Å²) >= 11 is 0. The molecule has 3 nitrogen and oxygen atoms in total. The van der Waals surface area contributed by atoms with Gasteiger partial charge in [0, 0.05) is 6.61 Å². The summed E-state index contributed by atoms with van der Waals surface area (Å²) in [6.07, 6.45) is 10.1. The Morgan fingerprint density at radius 2 is 1.47 bits per heavy atom. The fourth-order valence-corrected chi connectivity index (χ4v) is 1.65. The molecule has 102 valence electrons. The van der Waals surface area contributed by atoms with Crippen LogP contribution in [-0.2, 0) is 14.3 Å². The molecule has 0 radical (unpaired) electrons. The topological polar surface area (TPSA) is 35.5 Å². The lowest BCUT2D eigenvalue weighted by Gasteiger charge is -2.04. The molecule has 0 aromatic carbocycles. The van der Waals surface area contributed by atoms with Crippen LogP contribution in [0.25, 0.3) is 0 Å². The van der Waals surface area contributed by atoms with Gasteiger partial charge in [-0.15, -0.1) is 0 Å². The monoisotopic (exact) mass is 244 g/mol. The molecule has 0 saturated carbocycles. The first kappa shape index (κ1) is 16.4. The Morgan fingerprint density at radius 3 is 2.06 bits per heavy atom. The van der Waals surface area contributed by atoms with Crippen LogP contribution in [0.3, 0.4) is 0 Å². The third-order valence-electron chi connectivity index (χ3n) is 2.68. The Morgan fingerprint density at radius 1 is 0.882 bits per heavy atom. The molecule has 0 saturated heterocycles. The summed E-state index contributed by atoms with van der Waals surface area (Å²) in [5.41, 5.74) is 0. The number of hydrogen-bond acceptors (Lipinski definition) is 3. The first-order valence-corrected chi connectivity index (χ1v) is 7.04. The maximum absolute atomic E-state index is 11.1. The van der Waals surface area contributed by atoms with Gasteiger partial charge in [-0.1, -0.05) is 51.9 Å². The van der Waals surface area contributed by atoms with E-state index in [9.17, 15) is 4.79 Å². The van der Waals surface area contributed by atoms with Gasteiger partial charge in [-0.05, 0) is 13.3 Å². The molecule has 3 heteroatoms. The van der Waals surface area contributed by atoms with Crippen molar-refractivity contribution in [1.82, 2.24) is 0 Å². The lowest BCUT2D eigenvalue weighted by atomic mass is 10.1. The standard InChI is InChI=1S/C14H28O3/c1-3-5-6-7-8-9-10-11-12-17-14(15)13-16-4-2/h3-13H2,1-2H3. The molecule has 17 heavy (non-hydrogen) atoms. The number of carbonyl (C=O) groups is 1. The molecule has 0 aromatic heterocycles. The second-order valence-electron chi connectivity index (χ2n) is 4.33. The van der Waals surface area contributed by atoms with Crippen LogP contribution in [-0.4, -0.2) is 25.8 Å². The van der Waals surface area contributed by atoms with E-state index in [0.717, 1.165) is 12.8 Å². The van der Waals surface area contributed by atoms with Gasteiger partial charge < -0.3 is 9.47 Å². The summed E-state index contributed by atoms with van der Waals surface area (Å²) in [7, 11) is 0. The van der Waals surface area contributed by atoms with Crippen LogP contribution in [0.2, 0.25) is 0 Å². The Bertz CT molecular complexity index is 169. The van der Waals surface area contributed by atoms with Gasteiger partial charge in [0.05, 0.1) is 6.61 Å². The SMILES string of the molecule is CCCCCCCCCCOC(=O)COCC. The molecule has 0 amide bonds. The van der Waals surface area contributed by atoms with Gasteiger partial charge in [0.25, 0.3) is 0 Å². The minimum atomic E-state index is -0.241. The predicted octanol–water partition coefficient (Wildman–Crippen LogP) is 3.71. The fraction of sp³-hybridized carbons (Fsp3) is 0.929. The molecular weight excluding hydrogens is 216 g/mol. The van der Waals surface area contributed by atoms with Crippen molar-refractivity contribution in [2.75, 3.05) is 19.8 Å². The van der Waals surface area contributed by atoms with Crippen molar-refractivity contribution in [3.05, 3.63) is 0 Å². The van der Waals surface area contributed by atoms with Gasteiger partial charge in [-0.3, -0.25) is 0 Å². The van der Waals surface area contributed by atoms with E-state index < -0.39 is 0 Å². The summed E-state index contributed by atoms with van der Waals surface area (Å²) in [6.45, 7) is 5.30. The predicted molar refractivity (Wildman–Crippen MR) is 70.1 cm³/mol. The fourth-order valence-electron chi connectivity index (χ4n) is 1.65. The molecule has 0 aliphatic carbocycles. The quantitative estimate of drug-likeness (QED) is 0.388. The highest BCUT2D eigenvalue weighted by Crippen LogP contribution is 2.08. The summed E-state index contributed by atoms with van der Waals surface area (Å²) in [5.74, 6) is -0.241. The first-order chi connectivity index (χ1) is 8.31. The Kier molecular flexibility index (Phi) is 13.0. The van der Waals surface area contributed by atoms with E-state index in [-0.39, 0.29) is 12.6 Å². The van der Waals surface area contributed by atoms with Crippen molar-refractivity contribution in [2.24, 2.45) is 0 Å². The van der Waals surface area contributed by atoms with Crippen LogP contribution in [0, 0.1) is 0 Å². The molecule has 0 aliphatic rings. The van der Waals surface area contributed by atoms with Crippen molar-refractivity contribution in [1.29, 1.82) is 0 Å². The smallest absolute Gasteiger partial charge is 0.332 e. The maximum atomic E-state index is 11.1. The number of unbranched alkanes of at least 4 members (excludes halogenated alkanes) is 7. The highest BCUT2D eigenvalue weighted by Gasteiger charge is 2.01. The van der Waals surface area contributed by atoms with Crippen LogP contribution >= 0.6 is 0 Å². The summed E-state index contributed by atoms with van der Waals surface area (Å²) in [4.78, 5) is 11.1. The van der Waals surface area contributed by atoms with E-state index in [1.54, 1.807) is 0 Å². The van der Waals surface area contributed by atoms with E-state index in [0.29, 0.717) is 13.2 Å². The second-order valence-corrected chi connectivity index (χ2v) is 4.33. The van der Waals surface area contributed by atoms with Crippen molar-refractivity contribution < 1.29 is 14.3 Å². The molecule has 0 unspecified atom stereocenters. The number of ether oxygens (including phenoxy) is 2. The molecule has 0 fully saturated rings. The molecule has 0 heterocycles. The van der Waals surface area contributed by atoms with Gasteiger partial charge in [-0.25, -0.2) is 4.79 Å². The van der Waals surface area contributed by atoms with Crippen LogP contribution < -0.4 is 0 Å². The number of rotatable bonds is 12. The van der Waals surface area contributed by atoms with E-state index in [1.165, 1.54) is 38.5 Å². The van der Waals surface area contributed by atoms with E-state index in [2.05, 4.69) is 6.92 Å². The third-order valence-corrected chi connectivity index (χ3v) is 2.68. The number of hydrogen-bond donors (Lipinski definition) is 0. The van der Waals surface area contributed by atoms with Gasteiger partial charge in [0.15, 0.2) is 0 Å². The van der Waals surface area contributed by atoms with Gasteiger partial charge in [0.1, 0.15) is 6.61 Å². The van der Waals surface area contributed by atoms with Crippen molar-refractivity contribution in [3.8, 4) is 0 Å². The molecular formula is C14H28O3. The van der Waals surface area contributed by atoms with Crippen molar-refractivity contribution in [3.63, 3.8) is 0 Å². The maximum Gasteiger partial charge on any atom is 0.332 e. The third kappa shape index (κ3) is 13.4. The minimum Gasteiger partial charge on any atom is -0.464 e. The van der Waals surface area contributed by atoms with Crippen LogP contribution in [0.5, 0.6) is 0 Å². The van der Waals surface area contributed by atoms with Crippen LogP contribution in [0.15, 0.2) is 0 Å². The highest BCUT2D eigenvalue weighted by molar-refractivity contribution is 5.70. The van der Waals surface area contributed by atoms with E-state index in [1.807, 2.05) is 6.92 Å². The average Bonchev–Trinajstić information content (AvgIpc) is 2.34. The van der Waals surface area contributed by atoms with Crippen LogP contribution in [0.1, 0.15) is 65.2 Å². The summed E-state index contributed by atoms with van der Waals surface area (Å²) in [5, 5.41) is 0. The normalized spacial score (nSPS) is 10.5. The highest BCUT2D eigenvalue weighted by atomic mass is 16.6. The molecule has 0 aromatic rings. The summed E-state index contributed by atoms with van der Waals surface area (Å²) < 4.78 is 9.98. The molecule has 0 rings (SSSR count). The van der Waals surface area contributed by atoms with Crippen molar-refractivity contribution in [2.45, 2.75) is 65.2 Å². The van der Waals surface area contributed by atoms with E-state index >= 15 is 0 Å². The largest absolute Gasteiger partial charge is 0.464 e. The van der Waals surface area contributed by atoms with Gasteiger partial charge in [0.2, 0.25) is 0 Å². The average molecular weight is 244 g/mol. The van der Waals surface area contributed by atoms with E-state index in [4.69, 9.17) is 9.47 Å². The summed E-state index contributed by atoms with van der Waals surface area (Å²) in [6, 6.07) is 0. The molecule has 0 N–H and O–H groups in total. The second kappa shape index (κ2) is 13.5. The zero-order chi connectivity index (χ0) is 12.8. The molecule has 0 bridgehead atoms. The Balaban J connectivity index is 3.05. The lowest BCUT2D eigenvalue weighted by molar-refractivity contribution is -0.148. The molecule has 0 spiro atoms. The lowest BCUT2D eigenvalue weighted by Crippen LogP contribution is -2.13.